The van der Waals surface area contributed by atoms with E-state index >= 15 is 0 Å². The Balaban J connectivity index is 0.000001000. The van der Waals surface area contributed by atoms with E-state index < -0.39 is 9.17 Å². The summed E-state index contributed by atoms with van der Waals surface area (Å²) in [7, 11) is -3.09. The van der Waals surface area contributed by atoms with E-state index in [2.05, 4.69) is 4.43 Å². The van der Waals surface area contributed by atoms with Gasteiger partial charge in [-0.05, 0) is 12.1 Å². The average Bonchev–Trinajstić information content (AvgIpc) is 1.88. The zero-order chi connectivity index (χ0) is 7.40. The van der Waals surface area contributed by atoms with E-state index in [0.29, 0.717) is 5.75 Å². The SMILES string of the molecule is O=[Si]([O-])Oc1ccccc1.[Li+]. The molecule has 0 N–H and O–H groups in total. The molecule has 0 saturated heterocycles. The Morgan fingerprint density at radius 1 is 1.27 bits per heavy atom. The second-order valence-corrected chi connectivity index (χ2v) is 2.37. The van der Waals surface area contributed by atoms with Crippen LogP contribution in [-0.4, -0.2) is 9.17 Å². The third-order valence-electron chi connectivity index (χ3n) is 0.944. The average molecular weight is 160 g/mol. The molecule has 1 rings (SSSR count). The first kappa shape index (κ1) is 10.4. The van der Waals surface area contributed by atoms with Crippen molar-refractivity contribution in [3.05, 3.63) is 30.3 Å². The summed E-state index contributed by atoms with van der Waals surface area (Å²) in [6, 6.07) is 8.37. The summed E-state index contributed by atoms with van der Waals surface area (Å²) < 4.78 is 14.4. The molecule has 0 aliphatic heterocycles. The van der Waals surface area contributed by atoms with Crippen LogP contribution in [0.15, 0.2) is 30.3 Å². The summed E-state index contributed by atoms with van der Waals surface area (Å²) in [5.74, 6) is 0.362. The van der Waals surface area contributed by atoms with Crippen molar-refractivity contribution in [1.29, 1.82) is 0 Å². The summed E-state index contributed by atoms with van der Waals surface area (Å²) in [6.07, 6.45) is 0. The first-order valence-electron chi connectivity index (χ1n) is 2.73. The minimum Gasteiger partial charge on any atom is -0.554 e. The second-order valence-electron chi connectivity index (χ2n) is 1.67. The Bertz CT molecular complexity index is 227. The van der Waals surface area contributed by atoms with E-state index in [4.69, 9.17) is 0 Å². The molecule has 0 radical (unpaired) electrons. The van der Waals surface area contributed by atoms with E-state index in [1.54, 1.807) is 30.3 Å². The van der Waals surface area contributed by atoms with Crippen LogP contribution in [0.25, 0.3) is 0 Å². The quantitative estimate of drug-likeness (QED) is 0.429. The van der Waals surface area contributed by atoms with Crippen LogP contribution in [0.1, 0.15) is 0 Å². The zero-order valence-corrected chi connectivity index (χ0v) is 7.11. The van der Waals surface area contributed by atoms with Crippen LogP contribution in [0, 0.1) is 0 Å². The van der Waals surface area contributed by atoms with Crippen molar-refractivity contribution in [3.63, 3.8) is 0 Å². The molecule has 5 heteroatoms. The minimum absolute atomic E-state index is 0. The number of rotatable bonds is 2. The smallest absolute Gasteiger partial charge is 0.554 e. The molecular formula is C6H5LiO3Si. The number of para-hydroxylation sites is 1. The molecule has 0 fully saturated rings. The first-order chi connectivity index (χ1) is 4.79. The third kappa shape index (κ3) is 3.99. The largest absolute Gasteiger partial charge is 1.00 e. The van der Waals surface area contributed by atoms with Gasteiger partial charge in [0.25, 0.3) is 0 Å². The molecule has 1 aromatic rings. The third-order valence-corrected chi connectivity index (χ3v) is 1.35. The molecule has 0 bridgehead atoms. The molecule has 0 aromatic heterocycles. The second kappa shape index (κ2) is 5.13. The predicted molar refractivity (Wildman–Crippen MR) is 33.5 cm³/mol. The number of hydrogen-bond donors (Lipinski definition) is 0. The molecule has 11 heavy (non-hydrogen) atoms. The fourth-order valence-corrected chi connectivity index (χ4v) is 0.913. The summed E-state index contributed by atoms with van der Waals surface area (Å²) in [5.41, 5.74) is 0. The molecule has 0 aliphatic rings. The van der Waals surface area contributed by atoms with Gasteiger partial charge in [-0.1, -0.05) is 18.2 Å². The van der Waals surface area contributed by atoms with Gasteiger partial charge in [0.05, 0.1) is 0 Å². The first-order valence-corrected chi connectivity index (χ1v) is 3.95. The van der Waals surface area contributed by atoms with Gasteiger partial charge in [-0.15, -0.1) is 0 Å². The molecule has 0 unspecified atom stereocenters. The van der Waals surface area contributed by atoms with Gasteiger partial charge in [-0.3, -0.25) is 0 Å². The van der Waals surface area contributed by atoms with Gasteiger partial charge in [-0.25, -0.2) is 0 Å². The molecule has 0 amide bonds. The van der Waals surface area contributed by atoms with Crippen molar-refractivity contribution in [2.24, 2.45) is 0 Å². The molecule has 0 heterocycles. The van der Waals surface area contributed by atoms with Gasteiger partial charge in [0.2, 0.25) is 0 Å². The Kier molecular flexibility index (Phi) is 4.87. The number of hydrogen-bond acceptors (Lipinski definition) is 3. The summed E-state index contributed by atoms with van der Waals surface area (Å²) >= 11 is 0. The zero-order valence-electron chi connectivity index (χ0n) is 6.11. The van der Waals surface area contributed by atoms with Gasteiger partial charge < -0.3 is 13.7 Å². The summed E-state index contributed by atoms with van der Waals surface area (Å²) in [5, 5.41) is 0. The number of benzene rings is 1. The van der Waals surface area contributed by atoms with Crippen molar-refractivity contribution in [2.75, 3.05) is 0 Å². The van der Waals surface area contributed by atoms with E-state index in [0.717, 1.165) is 0 Å². The van der Waals surface area contributed by atoms with Crippen molar-refractivity contribution < 1.29 is 32.5 Å². The molecule has 0 atom stereocenters. The Morgan fingerprint density at radius 2 is 1.82 bits per heavy atom. The molecular weight excluding hydrogens is 155 g/mol. The van der Waals surface area contributed by atoms with E-state index in [1.807, 2.05) is 0 Å². The van der Waals surface area contributed by atoms with Crippen molar-refractivity contribution in [3.8, 4) is 5.75 Å². The van der Waals surface area contributed by atoms with E-state index in [-0.39, 0.29) is 18.9 Å². The summed E-state index contributed by atoms with van der Waals surface area (Å²) in [6.45, 7) is 0. The van der Waals surface area contributed by atoms with Gasteiger partial charge in [0, 0.05) is 5.75 Å². The van der Waals surface area contributed by atoms with Gasteiger partial charge in [-0.2, -0.15) is 0 Å². The Morgan fingerprint density at radius 3 is 2.27 bits per heavy atom. The monoisotopic (exact) mass is 160 g/mol. The van der Waals surface area contributed by atoms with Crippen molar-refractivity contribution >= 4 is 9.17 Å². The van der Waals surface area contributed by atoms with Crippen molar-refractivity contribution in [1.82, 2.24) is 0 Å². The molecule has 0 aliphatic carbocycles. The predicted octanol–water partition coefficient (Wildman–Crippen LogP) is -3.15. The summed E-state index contributed by atoms with van der Waals surface area (Å²) in [4.78, 5) is 10.0. The fraction of sp³-hybridized carbons (Fsp3) is 0. The van der Waals surface area contributed by atoms with Crippen LogP contribution in [0.5, 0.6) is 5.75 Å². The van der Waals surface area contributed by atoms with Crippen LogP contribution < -0.4 is 28.1 Å². The van der Waals surface area contributed by atoms with E-state index in [9.17, 15) is 9.26 Å². The van der Waals surface area contributed by atoms with Crippen molar-refractivity contribution in [2.45, 2.75) is 0 Å². The van der Waals surface area contributed by atoms with Gasteiger partial charge >= 0.3 is 28.0 Å². The van der Waals surface area contributed by atoms with Gasteiger partial charge in [0.15, 0.2) is 0 Å². The molecule has 3 nitrogen and oxygen atoms in total. The minimum atomic E-state index is -3.09. The molecule has 0 spiro atoms. The van der Waals surface area contributed by atoms with E-state index in [1.165, 1.54) is 0 Å². The Labute approximate surface area is 78.1 Å². The maximum Gasteiger partial charge on any atom is 1.00 e. The normalized spacial score (nSPS) is 8.00. The standard InChI is InChI=1S/C6H5O3Si.Li/c7-10(8)9-6-4-2-1-3-5-6;/h1-5H;/q-1;+1. The molecule has 1 aromatic carbocycles. The van der Waals surface area contributed by atoms with Crippen LogP contribution >= 0.6 is 0 Å². The Hall–Kier alpha value is -0.566. The van der Waals surface area contributed by atoms with Crippen LogP contribution in [-0.2, 0) is 4.46 Å². The topological polar surface area (TPSA) is 49.4 Å². The van der Waals surface area contributed by atoms with Crippen LogP contribution in [0.3, 0.4) is 0 Å². The molecule has 52 valence electrons. The molecule has 0 saturated carbocycles. The van der Waals surface area contributed by atoms with Gasteiger partial charge in [0.1, 0.15) is 0 Å². The van der Waals surface area contributed by atoms with Crippen LogP contribution in [0.4, 0.5) is 0 Å². The van der Waals surface area contributed by atoms with Crippen LogP contribution in [0.2, 0.25) is 0 Å². The maximum absolute atomic E-state index is 10.0. The maximum atomic E-state index is 10.0. The fourth-order valence-electron chi connectivity index (χ4n) is 0.585.